The zero-order valence-corrected chi connectivity index (χ0v) is 18.0. The highest BCUT2D eigenvalue weighted by atomic mass is 32.2. The van der Waals surface area contributed by atoms with Gasteiger partial charge >= 0.3 is 5.69 Å². The van der Waals surface area contributed by atoms with Crippen LogP contribution in [-0.4, -0.2) is 52.9 Å². The molecule has 0 bridgehead atoms. The lowest BCUT2D eigenvalue weighted by Gasteiger charge is -2.34. The minimum Gasteiger partial charge on any atom is -0.299 e. The van der Waals surface area contributed by atoms with Crippen molar-refractivity contribution in [3.05, 3.63) is 62.4 Å². The molecule has 0 atom stereocenters. The number of aryl methyl sites for hydroxylation is 1. The Hall–Kier alpha value is -2.23. The van der Waals surface area contributed by atoms with Gasteiger partial charge in [0, 0.05) is 58.6 Å². The Morgan fingerprint density at radius 2 is 1.55 bits per heavy atom. The second-order valence-corrected chi connectivity index (χ2v) is 9.39. The van der Waals surface area contributed by atoms with Crippen LogP contribution in [0.3, 0.4) is 0 Å². The first-order valence-corrected chi connectivity index (χ1v) is 11.3. The molecule has 1 fully saturated rings. The first-order valence-electron chi connectivity index (χ1n) is 9.81. The second-order valence-electron chi connectivity index (χ2n) is 7.45. The smallest absolute Gasteiger partial charge is 0.299 e. The molecule has 0 unspecified atom stereocenters. The Bertz CT molecular complexity index is 1080. The van der Waals surface area contributed by atoms with Crippen molar-refractivity contribution in [1.82, 2.24) is 18.3 Å². The van der Waals surface area contributed by atoms with Gasteiger partial charge in [0.05, 0.1) is 4.90 Å². The van der Waals surface area contributed by atoms with E-state index in [1.807, 2.05) is 12.1 Å². The summed E-state index contributed by atoms with van der Waals surface area (Å²) in [4.78, 5) is 26.4. The third-order valence-electron chi connectivity index (χ3n) is 5.44. The molecule has 8 nitrogen and oxygen atoms in total. The predicted molar refractivity (Wildman–Crippen MR) is 111 cm³/mol. The molecule has 9 heteroatoms. The Kier molecular flexibility index (Phi) is 6.40. The van der Waals surface area contributed by atoms with Crippen LogP contribution in [0.1, 0.15) is 24.6 Å². The molecule has 0 saturated carbocycles. The Morgan fingerprint density at radius 3 is 2.14 bits per heavy atom. The minimum absolute atomic E-state index is 0.319. The van der Waals surface area contributed by atoms with E-state index in [4.69, 9.17) is 0 Å². The van der Waals surface area contributed by atoms with Gasteiger partial charge in [0.25, 0.3) is 5.56 Å². The lowest BCUT2D eigenvalue weighted by atomic mass is 10.1. The van der Waals surface area contributed by atoms with Gasteiger partial charge in [0.2, 0.25) is 10.0 Å². The van der Waals surface area contributed by atoms with Crippen molar-refractivity contribution in [1.29, 1.82) is 0 Å². The van der Waals surface area contributed by atoms with E-state index in [1.165, 1.54) is 22.0 Å². The van der Waals surface area contributed by atoms with E-state index in [-0.39, 0.29) is 11.2 Å². The highest BCUT2D eigenvalue weighted by Crippen LogP contribution is 2.19. The number of piperazine rings is 1. The second kappa shape index (κ2) is 8.64. The zero-order chi connectivity index (χ0) is 21.2. The van der Waals surface area contributed by atoms with Crippen LogP contribution >= 0.6 is 0 Å². The molecule has 1 aromatic heterocycles. The van der Waals surface area contributed by atoms with Gasteiger partial charge in [-0.25, -0.2) is 13.2 Å². The number of hydrogen-bond acceptors (Lipinski definition) is 5. The maximum absolute atomic E-state index is 12.9. The van der Waals surface area contributed by atoms with Gasteiger partial charge < -0.3 is 0 Å². The predicted octanol–water partition coefficient (Wildman–Crippen LogP) is 0.543. The monoisotopic (exact) mass is 420 g/mol. The molecule has 1 saturated heterocycles. The molecule has 29 heavy (non-hydrogen) atoms. The van der Waals surface area contributed by atoms with E-state index in [9.17, 15) is 18.0 Å². The van der Waals surface area contributed by atoms with Crippen LogP contribution in [0.25, 0.3) is 0 Å². The van der Waals surface area contributed by atoms with Crippen molar-refractivity contribution in [3.63, 3.8) is 0 Å². The molecule has 0 aliphatic carbocycles. The number of benzene rings is 1. The molecule has 1 aliphatic rings. The van der Waals surface area contributed by atoms with Gasteiger partial charge in [0.15, 0.2) is 0 Å². The van der Waals surface area contributed by atoms with E-state index < -0.39 is 10.0 Å². The van der Waals surface area contributed by atoms with Crippen molar-refractivity contribution in [2.45, 2.75) is 31.2 Å². The fraction of sp³-hybridized carbons (Fsp3) is 0.500. The molecule has 2 aromatic rings. The topological polar surface area (TPSA) is 84.6 Å². The van der Waals surface area contributed by atoms with Gasteiger partial charge in [-0.15, -0.1) is 0 Å². The fourth-order valence-electron chi connectivity index (χ4n) is 3.55. The van der Waals surface area contributed by atoms with Crippen LogP contribution in [-0.2, 0) is 37.1 Å². The summed E-state index contributed by atoms with van der Waals surface area (Å²) in [6.07, 6.45) is 1.96. The molecule has 1 aliphatic heterocycles. The maximum Gasteiger partial charge on any atom is 0.330 e. The Balaban J connectivity index is 1.67. The van der Waals surface area contributed by atoms with Crippen LogP contribution in [0, 0.1) is 0 Å². The third-order valence-corrected chi connectivity index (χ3v) is 7.35. The summed E-state index contributed by atoms with van der Waals surface area (Å²) in [5.41, 5.74) is 1.06. The van der Waals surface area contributed by atoms with Crippen LogP contribution in [0.2, 0.25) is 0 Å². The van der Waals surface area contributed by atoms with Crippen LogP contribution in [0.15, 0.2) is 44.8 Å². The number of sulfonamides is 1. The molecule has 0 amide bonds. The molecule has 158 valence electrons. The van der Waals surface area contributed by atoms with Gasteiger partial charge in [-0.2, -0.15) is 4.31 Å². The van der Waals surface area contributed by atoms with Gasteiger partial charge in [-0.05, 0) is 24.1 Å². The van der Waals surface area contributed by atoms with E-state index in [1.54, 1.807) is 19.2 Å². The molecule has 0 spiro atoms. The molecular formula is C20H28N4O4S. The van der Waals surface area contributed by atoms with Crippen molar-refractivity contribution in [2.75, 3.05) is 26.2 Å². The van der Waals surface area contributed by atoms with Gasteiger partial charge in [-0.1, -0.05) is 25.5 Å². The minimum atomic E-state index is -3.52. The summed E-state index contributed by atoms with van der Waals surface area (Å²) in [5, 5.41) is 0. The average molecular weight is 421 g/mol. The maximum atomic E-state index is 12.9. The summed E-state index contributed by atoms with van der Waals surface area (Å²) in [5.74, 6) is 0. The van der Waals surface area contributed by atoms with E-state index in [0.29, 0.717) is 43.3 Å². The number of rotatable bonds is 6. The summed E-state index contributed by atoms with van der Waals surface area (Å²) < 4.78 is 29.9. The van der Waals surface area contributed by atoms with E-state index >= 15 is 0 Å². The fourth-order valence-corrected chi connectivity index (χ4v) is 4.98. The molecule has 3 rings (SSSR count). The number of aromatic nitrogens is 2. The number of nitrogens with zero attached hydrogens (tertiary/aromatic N) is 4. The van der Waals surface area contributed by atoms with E-state index in [2.05, 4.69) is 11.8 Å². The Labute approximate surface area is 171 Å². The number of hydrogen-bond donors (Lipinski definition) is 0. The first kappa shape index (κ1) is 21.5. The van der Waals surface area contributed by atoms with Crippen molar-refractivity contribution in [2.24, 2.45) is 14.1 Å². The lowest BCUT2D eigenvalue weighted by Crippen LogP contribution is -2.49. The third kappa shape index (κ3) is 4.52. The summed E-state index contributed by atoms with van der Waals surface area (Å²) in [6, 6.07) is 8.58. The average Bonchev–Trinajstić information content (AvgIpc) is 2.71. The zero-order valence-electron chi connectivity index (χ0n) is 17.2. The summed E-state index contributed by atoms with van der Waals surface area (Å²) in [6.45, 7) is 4.35. The molecular weight excluding hydrogens is 392 g/mol. The van der Waals surface area contributed by atoms with Gasteiger partial charge in [-0.3, -0.25) is 18.8 Å². The van der Waals surface area contributed by atoms with E-state index in [0.717, 1.165) is 23.0 Å². The quantitative estimate of drug-likeness (QED) is 0.681. The standard InChI is InChI=1S/C20H28N4O4S/c1-4-5-16-6-8-18(9-7-16)29(27,28)24-12-10-23(11-13-24)15-17-14-19(25)22(3)20(26)21(17)2/h6-9,14H,4-5,10-13,15H2,1-3H3. The highest BCUT2D eigenvalue weighted by Gasteiger charge is 2.28. The largest absolute Gasteiger partial charge is 0.330 e. The van der Waals surface area contributed by atoms with Crippen molar-refractivity contribution >= 4 is 10.0 Å². The van der Waals surface area contributed by atoms with Crippen LogP contribution in [0.5, 0.6) is 0 Å². The summed E-state index contributed by atoms with van der Waals surface area (Å²) >= 11 is 0. The van der Waals surface area contributed by atoms with Crippen molar-refractivity contribution in [3.8, 4) is 0 Å². The lowest BCUT2D eigenvalue weighted by molar-refractivity contribution is 0.177. The SMILES string of the molecule is CCCc1ccc(S(=O)(=O)N2CCN(Cc3cc(=O)n(C)c(=O)n3C)CC2)cc1. The molecule has 1 aromatic carbocycles. The van der Waals surface area contributed by atoms with Gasteiger partial charge in [0.1, 0.15) is 0 Å². The van der Waals surface area contributed by atoms with Crippen molar-refractivity contribution < 1.29 is 8.42 Å². The highest BCUT2D eigenvalue weighted by molar-refractivity contribution is 7.89. The van der Waals surface area contributed by atoms with Crippen LogP contribution in [0.4, 0.5) is 0 Å². The first-order chi connectivity index (χ1) is 13.7. The molecule has 2 heterocycles. The Morgan fingerprint density at radius 1 is 0.931 bits per heavy atom. The summed E-state index contributed by atoms with van der Waals surface area (Å²) in [7, 11) is -0.429. The normalized spacial score (nSPS) is 16.2. The molecule has 0 N–H and O–H groups in total. The van der Waals surface area contributed by atoms with Crippen LogP contribution < -0.4 is 11.2 Å². The molecule has 0 radical (unpaired) electrons.